The molecule has 24 heavy (non-hydrogen) atoms. The van der Waals surface area contributed by atoms with Crippen LogP contribution >= 0.6 is 35.0 Å². The average Bonchev–Trinajstić information content (AvgIpc) is 2.53. The molecule has 0 N–H and O–H groups in total. The summed E-state index contributed by atoms with van der Waals surface area (Å²) in [5.41, 5.74) is 0.892. The van der Waals surface area contributed by atoms with Gasteiger partial charge in [0.2, 0.25) is 0 Å². The zero-order chi connectivity index (χ0) is 17.3. The second kappa shape index (κ2) is 7.05. The minimum atomic E-state index is -0.802. The smallest absolute Gasteiger partial charge is 0.160 e. The Kier molecular flexibility index (Phi) is 5.04. The van der Waals surface area contributed by atoms with Crippen molar-refractivity contribution in [2.75, 3.05) is 0 Å². The van der Waals surface area contributed by atoms with E-state index in [0.29, 0.717) is 16.2 Å². The Morgan fingerprint density at radius 3 is 2.33 bits per heavy atom. The van der Waals surface area contributed by atoms with Gasteiger partial charge in [-0.3, -0.25) is 0 Å². The van der Waals surface area contributed by atoms with Gasteiger partial charge in [0.05, 0.1) is 10.7 Å². The van der Waals surface area contributed by atoms with Gasteiger partial charge in [-0.05, 0) is 25.1 Å². The van der Waals surface area contributed by atoms with Crippen LogP contribution in [0.5, 0.6) is 0 Å². The third-order valence-corrected chi connectivity index (χ3v) is 5.04. The average molecular weight is 383 g/mol. The number of halogens is 4. The molecule has 3 aromatic rings. The van der Waals surface area contributed by atoms with E-state index < -0.39 is 11.6 Å². The maximum Gasteiger partial charge on any atom is 0.160 e. The van der Waals surface area contributed by atoms with Crippen molar-refractivity contribution in [1.82, 2.24) is 10.2 Å². The molecule has 0 aliphatic carbocycles. The van der Waals surface area contributed by atoms with E-state index in [-0.39, 0.29) is 15.7 Å². The Labute approximate surface area is 151 Å². The molecule has 0 bridgehead atoms. The molecule has 1 heterocycles. The number of hydrogen-bond donors (Lipinski definition) is 0. The predicted octanol–water partition coefficient (Wildman–Crippen LogP) is 6.19. The number of rotatable bonds is 3. The molecule has 0 aliphatic heterocycles. The minimum absolute atomic E-state index is 0.00596. The molecule has 2 aromatic carbocycles. The number of nitrogens with zero attached hydrogens (tertiary/aromatic N) is 2. The lowest BCUT2D eigenvalue weighted by Crippen LogP contribution is -1.99. The molecule has 0 atom stereocenters. The van der Waals surface area contributed by atoms with Crippen LogP contribution in [0.2, 0.25) is 10.2 Å². The predicted molar refractivity (Wildman–Crippen MR) is 92.7 cm³/mol. The molecule has 1 aromatic heterocycles. The van der Waals surface area contributed by atoms with Crippen LogP contribution in [0.1, 0.15) is 5.69 Å². The molecule has 122 valence electrons. The Hall–Kier alpha value is -1.69. The molecule has 0 saturated heterocycles. The Morgan fingerprint density at radius 2 is 1.67 bits per heavy atom. The van der Waals surface area contributed by atoms with E-state index in [1.165, 1.54) is 11.8 Å². The highest BCUT2D eigenvalue weighted by atomic mass is 35.5. The number of aromatic nitrogens is 2. The highest BCUT2D eigenvalue weighted by Crippen LogP contribution is 2.44. The van der Waals surface area contributed by atoms with Crippen molar-refractivity contribution in [2.24, 2.45) is 0 Å². The van der Waals surface area contributed by atoms with Crippen molar-refractivity contribution in [3.05, 3.63) is 70.0 Å². The molecular formula is C17H10Cl2F2N2S. The molecule has 7 heteroatoms. The lowest BCUT2D eigenvalue weighted by Gasteiger charge is -2.14. The fourth-order valence-electron chi connectivity index (χ4n) is 2.22. The van der Waals surface area contributed by atoms with Crippen molar-refractivity contribution >= 4 is 35.0 Å². The molecule has 0 radical (unpaired) electrons. The van der Waals surface area contributed by atoms with E-state index in [1.54, 1.807) is 6.92 Å². The number of hydrogen-bond acceptors (Lipinski definition) is 3. The molecule has 3 rings (SSSR count). The summed E-state index contributed by atoms with van der Waals surface area (Å²) in [6, 6.07) is 11.3. The maximum atomic E-state index is 14.4. The third-order valence-electron chi connectivity index (χ3n) is 3.27. The standard InChI is InChI=1S/C17H10Cl2F2N2S/c1-9-16(24-11-5-3-2-4-6-11)15(17(19)23-22-9)14-12(18)7-10(20)8-13(14)21/h2-8H,1H3. The zero-order valence-corrected chi connectivity index (χ0v) is 14.7. The summed E-state index contributed by atoms with van der Waals surface area (Å²) in [5.74, 6) is -1.56. The fraction of sp³-hybridized carbons (Fsp3) is 0.0588. The van der Waals surface area contributed by atoms with Crippen LogP contribution in [0.3, 0.4) is 0 Å². The summed E-state index contributed by atoms with van der Waals surface area (Å²) in [4.78, 5) is 1.54. The molecular weight excluding hydrogens is 373 g/mol. The Bertz CT molecular complexity index is 882. The van der Waals surface area contributed by atoms with E-state index in [4.69, 9.17) is 23.2 Å². The molecule has 2 nitrogen and oxygen atoms in total. The molecule has 0 amide bonds. The lowest BCUT2D eigenvalue weighted by atomic mass is 10.1. The SMILES string of the molecule is Cc1nnc(Cl)c(-c2c(F)cc(F)cc2Cl)c1Sc1ccccc1. The summed E-state index contributed by atoms with van der Waals surface area (Å²) >= 11 is 13.6. The first kappa shape index (κ1) is 17.1. The van der Waals surface area contributed by atoms with Crippen LogP contribution in [0.4, 0.5) is 8.78 Å². The molecule has 0 aliphatic rings. The Balaban J connectivity index is 2.23. The van der Waals surface area contributed by atoms with E-state index >= 15 is 0 Å². The largest absolute Gasteiger partial charge is 0.207 e. The van der Waals surface area contributed by atoms with E-state index in [1.807, 2.05) is 30.3 Å². The van der Waals surface area contributed by atoms with Crippen molar-refractivity contribution < 1.29 is 8.78 Å². The molecule has 0 saturated carbocycles. The lowest BCUT2D eigenvalue weighted by molar-refractivity contribution is 0.585. The summed E-state index contributed by atoms with van der Waals surface area (Å²) in [5, 5.41) is 7.77. The summed E-state index contributed by atoms with van der Waals surface area (Å²) in [6.07, 6.45) is 0. The van der Waals surface area contributed by atoms with Crippen LogP contribution in [0, 0.1) is 18.6 Å². The molecule has 0 fully saturated rings. The van der Waals surface area contributed by atoms with E-state index in [2.05, 4.69) is 10.2 Å². The van der Waals surface area contributed by atoms with Crippen LogP contribution in [-0.2, 0) is 0 Å². The first-order chi connectivity index (χ1) is 11.5. The first-order valence-electron chi connectivity index (χ1n) is 6.88. The Morgan fingerprint density at radius 1 is 0.958 bits per heavy atom. The minimum Gasteiger partial charge on any atom is -0.207 e. The van der Waals surface area contributed by atoms with Crippen molar-refractivity contribution in [3.63, 3.8) is 0 Å². The van der Waals surface area contributed by atoms with Gasteiger partial charge in [0.25, 0.3) is 0 Å². The van der Waals surface area contributed by atoms with Gasteiger partial charge in [-0.2, -0.15) is 5.10 Å². The molecule has 0 unspecified atom stereocenters. The van der Waals surface area contributed by atoms with Gasteiger partial charge in [0, 0.05) is 27.0 Å². The van der Waals surface area contributed by atoms with E-state index in [0.717, 1.165) is 17.0 Å². The van der Waals surface area contributed by atoms with Gasteiger partial charge in [-0.15, -0.1) is 5.10 Å². The van der Waals surface area contributed by atoms with Crippen molar-refractivity contribution in [1.29, 1.82) is 0 Å². The van der Waals surface area contributed by atoms with Gasteiger partial charge in [0.15, 0.2) is 5.15 Å². The van der Waals surface area contributed by atoms with Crippen molar-refractivity contribution in [2.45, 2.75) is 16.7 Å². The second-order valence-corrected chi connectivity index (χ2v) is 6.79. The highest BCUT2D eigenvalue weighted by Gasteiger charge is 2.22. The van der Waals surface area contributed by atoms with Crippen LogP contribution in [0.25, 0.3) is 11.1 Å². The van der Waals surface area contributed by atoms with Crippen LogP contribution in [0.15, 0.2) is 52.3 Å². The molecule has 0 spiro atoms. The summed E-state index contributed by atoms with van der Waals surface area (Å²) in [7, 11) is 0. The van der Waals surface area contributed by atoms with Gasteiger partial charge in [0.1, 0.15) is 11.6 Å². The van der Waals surface area contributed by atoms with Gasteiger partial charge in [-0.25, -0.2) is 8.78 Å². The number of benzene rings is 2. The third kappa shape index (κ3) is 3.38. The maximum absolute atomic E-state index is 14.4. The van der Waals surface area contributed by atoms with Gasteiger partial charge < -0.3 is 0 Å². The first-order valence-corrected chi connectivity index (χ1v) is 8.45. The zero-order valence-electron chi connectivity index (χ0n) is 12.4. The quantitative estimate of drug-likeness (QED) is 0.540. The van der Waals surface area contributed by atoms with Crippen LogP contribution < -0.4 is 0 Å². The highest BCUT2D eigenvalue weighted by molar-refractivity contribution is 7.99. The van der Waals surface area contributed by atoms with E-state index in [9.17, 15) is 8.78 Å². The number of aryl methyl sites for hydroxylation is 1. The summed E-state index contributed by atoms with van der Waals surface area (Å²) < 4.78 is 27.7. The van der Waals surface area contributed by atoms with Gasteiger partial charge >= 0.3 is 0 Å². The monoisotopic (exact) mass is 382 g/mol. The normalized spacial score (nSPS) is 10.9. The summed E-state index contributed by atoms with van der Waals surface area (Å²) in [6.45, 7) is 1.74. The second-order valence-electron chi connectivity index (χ2n) is 4.94. The van der Waals surface area contributed by atoms with Crippen LogP contribution in [-0.4, -0.2) is 10.2 Å². The van der Waals surface area contributed by atoms with Gasteiger partial charge in [-0.1, -0.05) is 53.2 Å². The topological polar surface area (TPSA) is 25.8 Å². The van der Waals surface area contributed by atoms with Crippen molar-refractivity contribution in [3.8, 4) is 11.1 Å². The fourth-order valence-corrected chi connectivity index (χ4v) is 3.81.